The number of fused-ring (bicyclic) bond motifs is 1. The number of nitrogens with zero attached hydrogens (tertiary/aromatic N) is 5. The van der Waals surface area contributed by atoms with E-state index in [9.17, 15) is 0 Å². The molecule has 0 atom stereocenters. The highest BCUT2D eigenvalue weighted by molar-refractivity contribution is 5.31. The van der Waals surface area contributed by atoms with Gasteiger partial charge in [0.15, 0.2) is 0 Å². The van der Waals surface area contributed by atoms with E-state index in [1.165, 1.54) is 0 Å². The van der Waals surface area contributed by atoms with Crippen LogP contribution in [-0.4, -0.2) is 46.3 Å². The van der Waals surface area contributed by atoms with Crippen LogP contribution in [0.3, 0.4) is 0 Å². The van der Waals surface area contributed by atoms with E-state index in [-0.39, 0.29) is 0 Å². The Bertz CT molecular complexity index is 567. The van der Waals surface area contributed by atoms with Crippen LogP contribution in [0.25, 0.3) is 0 Å². The molecular formula is C14H20N6O. The Morgan fingerprint density at radius 3 is 2.90 bits per heavy atom. The SMILES string of the molecule is COCCNCc1cnc(N2CCn3ccnc3C2)nc1. The molecule has 7 nitrogen and oxygen atoms in total. The number of hydrogen-bond donors (Lipinski definition) is 1. The quantitative estimate of drug-likeness (QED) is 0.778. The van der Waals surface area contributed by atoms with Gasteiger partial charge in [-0.05, 0) is 0 Å². The molecule has 0 aliphatic carbocycles. The molecule has 2 aromatic heterocycles. The molecule has 1 aliphatic heterocycles. The number of imidazole rings is 1. The second-order valence-electron chi connectivity index (χ2n) is 5.02. The average molecular weight is 288 g/mol. The van der Waals surface area contributed by atoms with Gasteiger partial charge in [-0.1, -0.05) is 0 Å². The van der Waals surface area contributed by atoms with Crippen LogP contribution in [0.1, 0.15) is 11.4 Å². The zero-order valence-corrected chi connectivity index (χ0v) is 12.2. The Morgan fingerprint density at radius 2 is 2.10 bits per heavy atom. The summed E-state index contributed by atoms with van der Waals surface area (Å²) in [5, 5.41) is 3.28. The number of rotatable bonds is 6. The van der Waals surface area contributed by atoms with Gasteiger partial charge in [0.2, 0.25) is 5.95 Å². The van der Waals surface area contributed by atoms with Crippen molar-refractivity contribution < 1.29 is 4.74 Å². The van der Waals surface area contributed by atoms with Gasteiger partial charge in [0, 0.05) is 63.6 Å². The largest absolute Gasteiger partial charge is 0.383 e. The van der Waals surface area contributed by atoms with Crippen LogP contribution in [0.2, 0.25) is 0 Å². The van der Waals surface area contributed by atoms with E-state index in [4.69, 9.17) is 4.74 Å². The van der Waals surface area contributed by atoms with Crippen molar-refractivity contribution in [2.45, 2.75) is 19.6 Å². The number of aromatic nitrogens is 4. The molecule has 0 spiro atoms. The number of hydrogen-bond acceptors (Lipinski definition) is 6. The molecule has 0 radical (unpaired) electrons. The smallest absolute Gasteiger partial charge is 0.225 e. The molecule has 0 unspecified atom stereocenters. The molecule has 0 aromatic carbocycles. The summed E-state index contributed by atoms with van der Waals surface area (Å²) in [4.78, 5) is 15.4. The minimum Gasteiger partial charge on any atom is -0.383 e. The van der Waals surface area contributed by atoms with Crippen LogP contribution in [0.4, 0.5) is 5.95 Å². The highest BCUT2D eigenvalue weighted by Crippen LogP contribution is 2.15. The van der Waals surface area contributed by atoms with Gasteiger partial charge in [-0.25, -0.2) is 15.0 Å². The third kappa shape index (κ3) is 3.37. The maximum Gasteiger partial charge on any atom is 0.225 e. The molecule has 0 saturated heterocycles. The van der Waals surface area contributed by atoms with E-state index in [0.29, 0.717) is 6.61 Å². The van der Waals surface area contributed by atoms with E-state index >= 15 is 0 Å². The third-order valence-corrected chi connectivity index (χ3v) is 3.53. The van der Waals surface area contributed by atoms with E-state index in [2.05, 4.69) is 29.7 Å². The van der Waals surface area contributed by atoms with Gasteiger partial charge in [0.05, 0.1) is 13.2 Å². The molecule has 0 fully saturated rings. The van der Waals surface area contributed by atoms with Gasteiger partial charge >= 0.3 is 0 Å². The van der Waals surface area contributed by atoms with E-state index < -0.39 is 0 Å². The number of anilines is 1. The second kappa shape index (κ2) is 6.64. The maximum atomic E-state index is 4.99. The van der Waals surface area contributed by atoms with Gasteiger partial charge < -0.3 is 19.5 Å². The summed E-state index contributed by atoms with van der Waals surface area (Å²) in [5.41, 5.74) is 1.08. The van der Waals surface area contributed by atoms with Gasteiger partial charge in [-0.15, -0.1) is 0 Å². The molecule has 3 heterocycles. The molecule has 112 valence electrons. The zero-order chi connectivity index (χ0) is 14.5. The normalized spacial score (nSPS) is 14.2. The van der Waals surface area contributed by atoms with Crippen molar-refractivity contribution >= 4 is 5.95 Å². The van der Waals surface area contributed by atoms with Gasteiger partial charge in [0.25, 0.3) is 0 Å². The summed E-state index contributed by atoms with van der Waals surface area (Å²) in [6, 6.07) is 0. The molecule has 2 aromatic rings. The van der Waals surface area contributed by atoms with Crippen LogP contribution in [0, 0.1) is 0 Å². The van der Waals surface area contributed by atoms with Crippen molar-refractivity contribution in [3.05, 3.63) is 36.2 Å². The van der Waals surface area contributed by atoms with Crippen LogP contribution in [0.5, 0.6) is 0 Å². The summed E-state index contributed by atoms with van der Waals surface area (Å²) in [7, 11) is 1.70. The predicted molar refractivity (Wildman–Crippen MR) is 78.9 cm³/mol. The monoisotopic (exact) mass is 288 g/mol. The maximum absolute atomic E-state index is 4.99. The molecular weight excluding hydrogens is 268 g/mol. The lowest BCUT2D eigenvalue weighted by Crippen LogP contribution is -2.34. The van der Waals surface area contributed by atoms with Crippen LogP contribution < -0.4 is 10.2 Å². The summed E-state index contributed by atoms with van der Waals surface area (Å²) in [6.07, 6.45) is 7.61. The van der Waals surface area contributed by atoms with Crippen LogP contribution in [-0.2, 0) is 24.4 Å². The Labute approximate surface area is 124 Å². The topological polar surface area (TPSA) is 68.1 Å². The molecule has 0 bridgehead atoms. The van der Waals surface area contributed by atoms with Crippen molar-refractivity contribution in [1.82, 2.24) is 24.8 Å². The first-order valence-electron chi connectivity index (χ1n) is 7.12. The fraction of sp³-hybridized carbons (Fsp3) is 0.500. The molecule has 1 N–H and O–H groups in total. The Kier molecular flexibility index (Phi) is 4.42. The molecule has 0 amide bonds. The number of ether oxygens (including phenoxy) is 1. The lowest BCUT2D eigenvalue weighted by molar-refractivity contribution is 0.199. The van der Waals surface area contributed by atoms with Gasteiger partial charge in [0.1, 0.15) is 5.82 Å². The summed E-state index contributed by atoms with van der Waals surface area (Å²) in [6.45, 7) is 4.90. The van der Waals surface area contributed by atoms with Crippen LogP contribution >= 0.6 is 0 Å². The average Bonchev–Trinajstić information content (AvgIpc) is 3.00. The fourth-order valence-corrected chi connectivity index (χ4v) is 2.35. The highest BCUT2D eigenvalue weighted by atomic mass is 16.5. The number of methoxy groups -OCH3 is 1. The van der Waals surface area contributed by atoms with E-state index in [0.717, 1.165) is 50.1 Å². The first-order valence-corrected chi connectivity index (χ1v) is 7.12. The Morgan fingerprint density at radius 1 is 1.24 bits per heavy atom. The van der Waals surface area contributed by atoms with Gasteiger partial charge in [-0.2, -0.15) is 0 Å². The highest BCUT2D eigenvalue weighted by Gasteiger charge is 2.18. The molecule has 21 heavy (non-hydrogen) atoms. The van der Waals surface area contributed by atoms with E-state index in [1.807, 2.05) is 24.8 Å². The fourth-order valence-electron chi connectivity index (χ4n) is 2.35. The summed E-state index contributed by atoms with van der Waals surface area (Å²) >= 11 is 0. The third-order valence-electron chi connectivity index (χ3n) is 3.53. The van der Waals surface area contributed by atoms with Crippen molar-refractivity contribution in [3.63, 3.8) is 0 Å². The molecule has 7 heteroatoms. The van der Waals surface area contributed by atoms with Crippen molar-refractivity contribution in [3.8, 4) is 0 Å². The minimum absolute atomic E-state index is 0.708. The summed E-state index contributed by atoms with van der Waals surface area (Å²) < 4.78 is 7.16. The molecule has 1 aliphatic rings. The minimum atomic E-state index is 0.708. The summed E-state index contributed by atoms with van der Waals surface area (Å²) in [5.74, 6) is 1.83. The number of nitrogens with one attached hydrogen (secondary N) is 1. The zero-order valence-electron chi connectivity index (χ0n) is 12.2. The van der Waals surface area contributed by atoms with Crippen molar-refractivity contribution in [2.24, 2.45) is 0 Å². The Balaban J connectivity index is 1.57. The lowest BCUT2D eigenvalue weighted by Gasteiger charge is -2.27. The standard InChI is InChI=1S/C14H20N6O/c1-21-7-3-15-8-12-9-17-14(18-10-12)20-6-5-19-4-2-16-13(19)11-20/h2,4,9-10,15H,3,5-8,11H2,1H3. The van der Waals surface area contributed by atoms with Gasteiger partial charge in [-0.3, -0.25) is 0 Å². The Hall–Kier alpha value is -1.99. The van der Waals surface area contributed by atoms with Crippen molar-refractivity contribution in [2.75, 3.05) is 31.7 Å². The molecule has 0 saturated carbocycles. The molecule has 3 rings (SSSR count). The van der Waals surface area contributed by atoms with E-state index in [1.54, 1.807) is 7.11 Å². The van der Waals surface area contributed by atoms with Crippen LogP contribution in [0.15, 0.2) is 24.8 Å². The second-order valence-corrected chi connectivity index (χ2v) is 5.02. The lowest BCUT2D eigenvalue weighted by atomic mass is 10.3. The first kappa shape index (κ1) is 14.0. The predicted octanol–water partition coefficient (Wildman–Crippen LogP) is 0.429. The van der Waals surface area contributed by atoms with Crippen molar-refractivity contribution in [1.29, 1.82) is 0 Å². The first-order chi connectivity index (χ1) is 10.4.